The van der Waals surface area contributed by atoms with E-state index in [1.54, 1.807) is 20.3 Å². The number of phenolic OH excluding ortho intramolecular Hbond substituents is 1. The van der Waals surface area contributed by atoms with E-state index in [2.05, 4.69) is 21.9 Å². The number of hydrogen-bond donors (Lipinski definition) is 1. The predicted octanol–water partition coefficient (Wildman–Crippen LogP) is 3.88. The van der Waals surface area contributed by atoms with Gasteiger partial charge in [0.2, 0.25) is 0 Å². The molecule has 1 aliphatic rings. The molecule has 0 amide bonds. The Balaban J connectivity index is 1.48. The molecule has 146 valence electrons. The van der Waals surface area contributed by atoms with Gasteiger partial charge in [0, 0.05) is 44.0 Å². The van der Waals surface area contributed by atoms with E-state index in [1.165, 1.54) is 5.69 Å². The molecular weight excluding hydrogens is 352 g/mol. The fourth-order valence-corrected chi connectivity index (χ4v) is 3.82. The van der Waals surface area contributed by atoms with Gasteiger partial charge in [-0.2, -0.15) is 0 Å². The highest BCUT2D eigenvalue weighted by molar-refractivity contribution is 5.89. The Hall–Kier alpha value is -2.92. The number of hydrogen-bond acceptors (Lipinski definition) is 5. The quantitative estimate of drug-likeness (QED) is 0.730. The van der Waals surface area contributed by atoms with E-state index in [-0.39, 0.29) is 0 Å². The zero-order chi connectivity index (χ0) is 19.5. The van der Waals surface area contributed by atoms with E-state index in [4.69, 9.17) is 9.47 Å². The highest BCUT2D eigenvalue weighted by Gasteiger charge is 2.19. The van der Waals surface area contributed by atoms with E-state index in [0.29, 0.717) is 5.75 Å². The van der Waals surface area contributed by atoms with Gasteiger partial charge in [-0.3, -0.25) is 4.90 Å². The highest BCUT2D eigenvalue weighted by Crippen LogP contribution is 2.31. The third-order valence-corrected chi connectivity index (χ3v) is 5.51. The highest BCUT2D eigenvalue weighted by atomic mass is 16.5. The third-order valence-electron chi connectivity index (χ3n) is 5.51. The lowest BCUT2D eigenvalue weighted by molar-refractivity contribution is 0.247. The largest absolute Gasteiger partial charge is 0.508 e. The molecule has 0 bridgehead atoms. The standard InChI is InChI=1S/C23H26N2O3/c1-27-19-8-5-18(6-9-19)25-13-11-24(12-14-25)16-22-21-15-20(28-2)7-3-17(21)4-10-23(22)26/h3-10,15,26H,11-14,16H2,1-2H3. The van der Waals surface area contributed by atoms with Crippen LogP contribution in [0, 0.1) is 0 Å². The number of fused-ring (bicyclic) bond motifs is 1. The van der Waals surface area contributed by atoms with Crippen LogP contribution in [0.4, 0.5) is 5.69 Å². The maximum absolute atomic E-state index is 10.5. The van der Waals surface area contributed by atoms with Crippen LogP contribution < -0.4 is 14.4 Å². The molecule has 28 heavy (non-hydrogen) atoms. The summed E-state index contributed by atoms with van der Waals surface area (Å²) >= 11 is 0. The summed E-state index contributed by atoms with van der Waals surface area (Å²) in [5.74, 6) is 2.03. The number of methoxy groups -OCH3 is 2. The molecule has 1 aliphatic heterocycles. The summed E-state index contributed by atoms with van der Waals surface area (Å²) in [4.78, 5) is 4.79. The van der Waals surface area contributed by atoms with Crippen molar-refractivity contribution in [3.05, 3.63) is 60.2 Å². The van der Waals surface area contributed by atoms with Crippen molar-refractivity contribution in [2.45, 2.75) is 6.54 Å². The fourth-order valence-electron chi connectivity index (χ4n) is 3.82. The van der Waals surface area contributed by atoms with Crippen LogP contribution in [-0.2, 0) is 6.54 Å². The van der Waals surface area contributed by atoms with Crippen molar-refractivity contribution in [3.63, 3.8) is 0 Å². The maximum atomic E-state index is 10.5. The van der Waals surface area contributed by atoms with Gasteiger partial charge in [0.1, 0.15) is 17.2 Å². The van der Waals surface area contributed by atoms with E-state index in [9.17, 15) is 5.11 Å². The molecule has 4 rings (SSSR count). The topological polar surface area (TPSA) is 45.2 Å². The first-order chi connectivity index (χ1) is 13.7. The molecule has 5 heteroatoms. The van der Waals surface area contributed by atoms with Crippen LogP contribution in [-0.4, -0.2) is 50.4 Å². The fraction of sp³-hybridized carbons (Fsp3) is 0.304. The third kappa shape index (κ3) is 3.71. The predicted molar refractivity (Wildman–Crippen MR) is 113 cm³/mol. The molecule has 3 aromatic carbocycles. The summed E-state index contributed by atoms with van der Waals surface area (Å²) in [7, 11) is 3.36. The molecule has 1 heterocycles. The molecule has 1 fully saturated rings. The molecule has 1 saturated heterocycles. The van der Waals surface area contributed by atoms with Crippen molar-refractivity contribution in [1.29, 1.82) is 0 Å². The minimum atomic E-state index is 0.346. The van der Waals surface area contributed by atoms with E-state index >= 15 is 0 Å². The minimum Gasteiger partial charge on any atom is -0.508 e. The van der Waals surface area contributed by atoms with Crippen LogP contribution in [0.5, 0.6) is 17.2 Å². The van der Waals surface area contributed by atoms with E-state index in [0.717, 1.165) is 60.6 Å². The van der Waals surface area contributed by atoms with Crippen LogP contribution in [0.3, 0.4) is 0 Å². The van der Waals surface area contributed by atoms with Crippen LogP contribution in [0.15, 0.2) is 54.6 Å². The molecule has 0 atom stereocenters. The molecule has 3 aromatic rings. The van der Waals surface area contributed by atoms with E-state index in [1.807, 2.05) is 36.4 Å². The van der Waals surface area contributed by atoms with Gasteiger partial charge in [0.05, 0.1) is 14.2 Å². The average molecular weight is 378 g/mol. The second-order valence-electron chi connectivity index (χ2n) is 7.11. The number of nitrogens with zero attached hydrogens (tertiary/aromatic N) is 2. The Bertz CT molecular complexity index is 948. The number of ether oxygens (including phenoxy) is 2. The molecular formula is C23H26N2O3. The van der Waals surface area contributed by atoms with Crippen molar-refractivity contribution >= 4 is 16.5 Å². The normalized spacial score (nSPS) is 15.0. The monoisotopic (exact) mass is 378 g/mol. The summed E-state index contributed by atoms with van der Waals surface area (Å²) in [5, 5.41) is 12.7. The van der Waals surface area contributed by atoms with Gasteiger partial charge in [-0.25, -0.2) is 0 Å². The van der Waals surface area contributed by atoms with Crippen molar-refractivity contribution in [2.75, 3.05) is 45.3 Å². The molecule has 0 aromatic heterocycles. The molecule has 0 aliphatic carbocycles. The van der Waals surface area contributed by atoms with Crippen LogP contribution in [0.25, 0.3) is 10.8 Å². The summed E-state index contributed by atoms with van der Waals surface area (Å²) in [6.07, 6.45) is 0. The summed E-state index contributed by atoms with van der Waals surface area (Å²) < 4.78 is 10.6. The number of piperazine rings is 1. The lowest BCUT2D eigenvalue weighted by Gasteiger charge is -2.36. The first-order valence-corrected chi connectivity index (χ1v) is 9.58. The van der Waals surface area contributed by atoms with Crippen LogP contribution >= 0.6 is 0 Å². The summed E-state index contributed by atoms with van der Waals surface area (Å²) in [6, 6.07) is 18.0. The average Bonchev–Trinajstić information content (AvgIpc) is 2.76. The van der Waals surface area contributed by atoms with Gasteiger partial charge in [0.25, 0.3) is 0 Å². The van der Waals surface area contributed by atoms with Gasteiger partial charge in [0.15, 0.2) is 0 Å². The Morgan fingerprint density at radius 1 is 0.821 bits per heavy atom. The minimum absolute atomic E-state index is 0.346. The summed E-state index contributed by atoms with van der Waals surface area (Å²) in [6.45, 7) is 4.55. The van der Waals surface area contributed by atoms with Crippen molar-refractivity contribution < 1.29 is 14.6 Å². The Labute approximate surface area is 165 Å². The Kier molecular flexibility index (Phi) is 5.26. The van der Waals surface area contributed by atoms with Gasteiger partial charge in [-0.1, -0.05) is 12.1 Å². The molecule has 0 unspecified atom stereocenters. The summed E-state index contributed by atoms with van der Waals surface area (Å²) in [5.41, 5.74) is 2.19. The second-order valence-corrected chi connectivity index (χ2v) is 7.11. The van der Waals surface area contributed by atoms with Gasteiger partial charge < -0.3 is 19.5 Å². The van der Waals surface area contributed by atoms with Crippen LogP contribution in [0.2, 0.25) is 0 Å². The molecule has 0 saturated carbocycles. The number of anilines is 1. The van der Waals surface area contributed by atoms with Gasteiger partial charge in [-0.05, 0) is 53.2 Å². The van der Waals surface area contributed by atoms with Crippen molar-refractivity contribution in [1.82, 2.24) is 4.90 Å². The Morgan fingerprint density at radius 2 is 1.46 bits per heavy atom. The smallest absolute Gasteiger partial charge is 0.120 e. The number of aromatic hydroxyl groups is 1. The number of benzene rings is 3. The first kappa shape index (κ1) is 18.4. The van der Waals surface area contributed by atoms with E-state index < -0.39 is 0 Å². The second kappa shape index (κ2) is 7.98. The lowest BCUT2D eigenvalue weighted by Crippen LogP contribution is -2.46. The van der Waals surface area contributed by atoms with Crippen molar-refractivity contribution in [2.24, 2.45) is 0 Å². The van der Waals surface area contributed by atoms with Gasteiger partial charge >= 0.3 is 0 Å². The molecule has 0 radical (unpaired) electrons. The molecule has 0 spiro atoms. The molecule has 1 N–H and O–H groups in total. The number of phenols is 1. The van der Waals surface area contributed by atoms with Gasteiger partial charge in [-0.15, -0.1) is 0 Å². The Morgan fingerprint density at radius 3 is 2.14 bits per heavy atom. The zero-order valence-corrected chi connectivity index (χ0v) is 16.4. The first-order valence-electron chi connectivity index (χ1n) is 9.58. The maximum Gasteiger partial charge on any atom is 0.120 e. The zero-order valence-electron chi connectivity index (χ0n) is 16.4. The lowest BCUT2D eigenvalue weighted by atomic mass is 10.0. The molecule has 5 nitrogen and oxygen atoms in total. The van der Waals surface area contributed by atoms with Crippen LogP contribution in [0.1, 0.15) is 5.56 Å². The number of rotatable bonds is 5. The SMILES string of the molecule is COc1ccc(N2CCN(Cc3c(O)ccc4ccc(OC)cc34)CC2)cc1. The van der Waals surface area contributed by atoms with Crippen molar-refractivity contribution in [3.8, 4) is 17.2 Å².